The third-order valence-electron chi connectivity index (χ3n) is 4.60. The Kier molecular flexibility index (Phi) is 8.75. The quantitative estimate of drug-likeness (QED) is 0.722. The van der Waals surface area contributed by atoms with Gasteiger partial charge in [0.2, 0.25) is 5.91 Å². The summed E-state index contributed by atoms with van der Waals surface area (Å²) in [5.74, 6) is 0.369. The second kappa shape index (κ2) is 10.0. The fourth-order valence-electron chi connectivity index (χ4n) is 3.22. The van der Waals surface area contributed by atoms with Crippen LogP contribution in [-0.4, -0.2) is 49.1 Å². The number of hydrogen-bond donors (Lipinski definition) is 3. The summed E-state index contributed by atoms with van der Waals surface area (Å²) in [5.41, 5.74) is 5.65. The van der Waals surface area contributed by atoms with Crippen molar-refractivity contribution in [3.8, 4) is 0 Å². The van der Waals surface area contributed by atoms with Crippen molar-refractivity contribution in [1.29, 1.82) is 0 Å². The molecule has 128 valence electrons. The van der Waals surface area contributed by atoms with Crippen molar-refractivity contribution in [3.05, 3.63) is 0 Å². The maximum Gasteiger partial charge on any atom is 0.321 e. The van der Waals surface area contributed by atoms with Crippen LogP contribution in [0.3, 0.4) is 0 Å². The molecule has 0 bridgehead atoms. The van der Waals surface area contributed by atoms with E-state index in [4.69, 9.17) is 5.73 Å². The number of nitrogens with two attached hydrogens (primary N) is 1. The topological polar surface area (TPSA) is 87.5 Å². The highest BCUT2D eigenvalue weighted by Crippen LogP contribution is 2.17. The van der Waals surface area contributed by atoms with E-state index in [-0.39, 0.29) is 30.4 Å². The number of carbonyl (C=O) groups excluding carboxylic acids is 2. The van der Waals surface area contributed by atoms with Crippen LogP contribution >= 0.6 is 12.4 Å². The first kappa shape index (κ1) is 19.2. The monoisotopic (exact) mass is 332 g/mol. The number of piperidine rings is 1. The molecule has 1 saturated carbocycles. The number of halogens is 1. The molecule has 0 radical (unpaired) electrons. The molecule has 1 saturated heterocycles. The standard InChI is InChI=1S/C15H28N4O2.ClH/c16-10-12-6-8-19(9-7-12)11-14(20)18-15(21)17-13-4-2-1-3-5-13;/h12-13H,1-11,16H2,(H2,17,18,20,21);1H. The first-order valence-corrected chi connectivity index (χ1v) is 8.20. The first-order chi connectivity index (χ1) is 10.2. The zero-order valence-corrected chi connectivity index (χ0v) is 14.0. The summed E-state index contributed by atoms with van der Waals surface area (Å²) in [6, 6.07) is -0.115. The molecule has 6 nitrogen and oxygen atoms in total. The number of amides is 3. The average molecular weight is 333 g/mol. The highest BCUT2D eigenvalue weighted by Gasteiger charge is 2.21. The Morgan fingerprint density at radius 3 is 2.27 bits per heavy atom. The van der Waals surface area contributed by atoms with Crippen LogP contribution in [0.4, 0.5) is 4.79 Å². The van der Waals surface area contributed by atoms with Gasteiger partial charge in [0.25, 0.3) is 0 Å². The number of likely N-dealkylation sites (tertiary alicyclic amines) is 1. The van der Waals surface area contributed by atoms with Crippen molar-refractivity contribution in [1.82, 2.24) is 15.5 Å². The Hall–Kier alpha value is -0.850. The van der Waals surface area contributed by atoms with Gasteiger partial charge < -0.3 is 11.1 Å². The van der Waals surface area contributed by atoms with Crippen molar-refractivity contribution in [3.63, 3.8) is 0 Å². The molecule has 0 unspecified atom stereocenters. The molecule has 2 fully saturated rings. The van der Waals surface area contributed by atoms with Gasteiger partial charge in [0.15, 0.2) is 0 Å². The summed E-state index contributed by atoms with van der Waals surface area (Å²) >= 11 is 0. The molecule has 2 aliphatic rings. The summed E-state index contributed by atoms with van der Waals surface area (Å²) in [5, 5.41) is 5.34. The van der Waals surface area contributed by atoms with E-state index in [9.17, 15) is 9.59 Å². The van der Waals surface area contributed by atoms with Gasteiger partial charge in [-0.25, -0.2) is 4.79 Å². The third kappa shape index (κ3) is 6.50. The Morgan fingerprint density at radius 1 is 1.05 bits per heavy atom. The van der Waals surface area contributed by atoms with Crippen molar-refractivity contribution >= 4 is 24.3 Å². The predicted octanol–water partition coefficient (Wildman–Crippen LogP) is 1.24. The lowest BCUT2D eigenvalue weighted by Gasteiger charge is -2.30. The molecule has 2 rings (SSSR count). The number of rotatable bonds is 4. The third-order valence-corrected chi connectivity index (χ3v) is 4.60. The summed E-state index contributed by atoms with van der Waals surface area (Å²) in [6.45, 7) is 2.80. The van der Waals surface area contributed by atoms with Crippen LogP contribution in [0.25, 0.3) is 0 Å². The fourth-order valence-corrected chi connectivity index (χ4v) is 3.22. The van der Waals surface area contributed by atoms with Crippen LogP contribution in [0, 0.1) is 5.92 Å². The highest BCUT2D eigenvalue weighted by atomic mass is 35.5. The van der Waals surface area contributed by atoms with Crippen LogP contribution < -0.4 is 16.4 Å². The molecular weight excluding hydrogens is 304 g/mol. The van der Waals surface area contributed by atoms with Crippen LogP contribution in [-0.2, 0) is 4.79 Å². The smallest absolute Gasteiger partial charge is 0.321 e. The zero-order valence-electron chi connectivity index (χ0n) is 13.2. The number of nitrogens with zero attached hydrogens (tertiary/aromatic N) is 1. The van der Waals surface area contributed by atoms with Gasteiger partial charge in [-0.3, -0.25) is 15.0 Å². The minimum Gasteiger partial charge on any atom is -0.335 e. The van der Waals surface area contributed by atoms with Gasteiger partial charge in [0.05, 0.1) is 6.54 Å². The van der Waals surface area contributed by atoms with Crippen molar-refractivity contribution < 1.29 is 9.59 Å². The number of imide groups is 1. The molecule has 1 heterocycles. The van der Waals surface area contributed by atoms with Crippen molar-refractivity contribution in [2.45, 2.75) is 51.0 Å². The van der Waals surface area contributed by atoms with Crippen molar-refractivity contribution in [2.75, 3.05) is 26.2 Å². The molecule has 0 aromatic heterocycles. The van der Waals surface area contributed by atoms with E-state index < -0.39 is 0 Å². The maximum atomic E-state index is 11.9. The van der Waals surface area contributed by atoms with E-state index >= 15 is 0 Å². The lowest BCUT2D eigenvalue weighted by molar-refractivity contribution is -0.121. The van der Waals surface area contributed by atoms with Gasteiger partial charge in [-0.05, 0) is 51.2 Å². The van der Waals surface area contributed by atoms with E-state index in [1.807, 2.05) is 0 Å². The largest absolute Gasteiger partial charge is 0.335 e. The van der Waals surface area contributed by atoms with Crippen LogP contribution in [0.5, 0.6) is 0 Å². The second-order valence-electron chi connectivity index (χ2n) is 6.31. The summed E-state index contributed by atoms with van der Waals surface area (Å²) in [4.78, 5) is 25.8. The molecule has 0 atom stereocenters. The SMILES string of the molecule is Cl.NCC1CCN(CC(=O)NC(=O)NC2CCCCC2)CC1. The number of urea groups is 1. The molecule has 4 N–H and O–H groups in total. The van der Waals surface area contributed by atoms with Crippen molar-refractivity contribution in [2.24, 2.45) is 11.7 Å². The molecule has 3 amide bonds. The molecule has 0 aromatic carbocycles. The van der Waals surface area contributed by atoms with E-state index in [0.717, 1.165) is 58.2 Å². The van der Waals surface area contributed by atoms with E-state index in [1.54, 1.807) is 0 Å². The molecule has 1 aliphatic carbocycles. The number of nitrogens with one attached hydrogen (secondary N) is 2. The fraction of sp³-hybridized carbons (Fsp3) is 0.867. The highest BCUT2D eigenvalue weighted by molar-refractivity contribution is 5.95. The van der Waals surface area contributed by atoms with E-state index in [0.29, 0.717) is 12.5 Å². The second-order valence-corrected chi connectivity index (χ2v) is 6.31. The van der Waals surface area contributed by atoms with E-state index in [1.165, 1.54) is 6.42 Å². The summed E-state index contributed by atoms with van der Waals surface area (Å²) in [6.07, 6.45) is 7.69. The van der Waals surface area contributed by atoms with Crippen LogP contribution in [0.1, 0.15) is 44.9 Å². The number of carbonyl (C=O) groups is 2. The van der Waals surface area contributed by atoms with Gasteiger partial charge in [0.1, 0.15) is 0 Å². The molecular formula is C15H29ClN4O2. The minimum absolute atomic E-state index is 0. The molecule has 0 spiro atoms. The van der Waals surface area contributed by atoms with Gasteiger partial charge in [-0.15, -0.1) is 12.4 Å². The lowest BCUT2D eigenvalue weighted by Crippen LogP contribution is -2.49. The molecule has 7 heteroatoms. The van der Waals surface area contributed by atoms with Gasteiger partial charge >= 0.3 is 6.03 Å². The summed E-state index contributed by atoms with van der Waals surface area (Å²) in [7, 11) is 0. The molecule has 1 aliphatic heterocycles. The molecule has 0 aromatic rings. The normalized spacial score (nSPS) is 21.0. The Bertz CT molecular complexity index is 353. The van der Waals surface area contributed by atoms with Gasteiger partial charge in [-0.1, -0.05) is 19.3 Å². The summed E-state index contributed by atoms with van der Waals surface area (Å²) < 4.78 is 0. The number of hydrogen-bond acceptors (Lipinski definition) is 4. The lowest BCUT2D eigenvalue weighted by atomic mass is 9.96. The Balaban J connectivity index is 0.00000242. The first-order valence-electron chi connectivity index (χ1n) is 8.20. The zero-order chi connectivity index (χ0) is 15.1. The average Bonchev–Trinajstić information content (AvgIpc) is 2.48. The van der Waals surface area contributed by atoms with E-state index in [2.05, 4.69) is 15.5 Å². The molecule has 22 heavy (non-hydrogen) atoms. The van der Waals surface area contributed by atoms with Gasteiger partial charge in [-0.2, -0.15) is 0 Å². The Labute approximate surface area is 139 Å². The van der Waals surface area contributed by atoms with Gasteiger partial charge in [0, 0.05) is 6.04 Å². The predicted molar refractivity (Wildman–Crippen MR) is 89.0 cm³/mol. The van der Waals surface area contributed by atoms with Crippen LogP contribution in [0.2, 0.25) is 0 Å². The Morgan fingerprint density at radius 2 is 1.68 bits per heavy atom. The van der Waals surface area contributed by atoms with Crippen LogP contribution in [0.15, 0.2) is 0 Å². The maximum absolute atomic E-state index is 11.9. The minimum atomic E-state index is -0.344.